The van der Waals surface area contributed by atoms with Crippen LogP contribution in [0.1, 0.15) is 21.5 Å². The van der Waals surface area contributed by atoms with Crippen LogP contribution in [0, 0.1) is 0 Å². The average Bonchev–Trinajstić information content (AvgIpc) is 2.74. The normalized spacial score (nSPS) is 10.4. The van der Waals surface area contributed by atoms with Gasteiger partial charge in [-0.25, -0.2) is 4.98 Å². The number of carbonyl (C=O) groups is 1. The molecule has 1 heterocycles. The van der Waals surface area contributed by atoms with Gasteiger partial charge in [-0.15, -0.1) is 0 Å². The number of nitrogens with one attached hydrogen (secondary N) is 2. The number of hydrogen-bond acceptors (Lipinski definition) is 4. The maximum atomic E-state index is 12.4. The van der Waals surface area contributed by atoms with E-state index in [9.17, 15) is 4.79 Å². The second kappa shape index (κ2) is 9.76. The Hall–Kier alpha value is -3.05. The highest BCUT2D eigenvalue weighted by Crippen LogP contribution is 2.14. The Morgan fingerprint density at radius 2 is 1.75 bits per heavy atom. The number of anilines is 1. The van der Waals surface area contributed by atoms with E-state index in [2.05, 4.69) is 15.6 Å². The molecule has 0 fully saturated rings. The zero-order chi connectivity index (χ0) is 19.8. The fourth-order valence-corrected chi connectivity index (χ4v) is 2.80. The summed E-state index contributed by atoms with van der Waals surface area (Å²) in [6.07, 6.45) is 2.38. The first-order valence-electron chi connectivity index (χ1n) is 8.99. The molecule has 0 spiro atoms. The maximum Gasteiger partial charge on any atom is 0.251 e. The highest BCUT2D eigenvalue weighted by molar-refractivity contribution is 6.30. The number of halogens is 1. The fourth-order valence-electron chi connectivity index (χ4n) is 2.68. The van der Waals surface area contributed by atoms with Gasteiger partial charge in [-0.1, -0.05) is 35.9 Å². The van der Waals surface area contributed by atoms with Crippen molar-refractivity contribution < 1.29 is 9.53 Å². The summed E-state index contributed by atoms with van der Waals surface area (Å²) in [4.78, 5) is 16.7. The lowest BCUT2D eigenvalue weighted by Gasteiger charge is -2.09. The summed E-state index contributed by atoms with van der Waals surface area (Å²) in [5.41, 5.74) is 2.80. The summed E-state index contributed by atoms with van der Waals surface area (Å²) >= 11 is 5.88. The number of methoxy groups -OCH3 is 1. The molecule has 0 saturated carbocycles. The summed E-state index contributed by atoms with van der Waals surface area (Å²) in [5.74, 6) is 1.35. The van der Waals surface area contributed by atoms with Gasteiger partial charge in [0.1, 0.15) is 11.6 Å². The molecular formula is C22H22ClN3O2. The van der Waals surface area contributed by atoms with E-state index < -0.39 is 0 Å². The van der Waals surface area contributed by atoms with Crippen LogP contribution >= 0.6 is 11.6 Å². The number of ether oxygens (including phenoxy) is 1. The van der Waals surface area contributed by atoms with Crippen LogP contribution in [0.2, 0.25) is 5.02 Å². The minimum Gasteiger partial charge on any atom is -0.497 e. The molecule has 5 nitrogen and oxygen atoms in total. The van der Waals surface area contributed by atoms with Crippen LogP contribution in [0.25, 0.3) is 0 Å². The van der Waals surface area contributed by atoms with Crippen molar-refractivity contribution in [2.75, 3.05) is 19.0 Å². The van der Waals surface area contributed by atoms with Gasteiger partial charge < -0.3 is 15.4 Å². The van der Waals surface area contributed by atoms with E-state index in [1.165, 1.54) is 0 Å². The number of rotatable bonds is 8. The molecule has 0 bridgehead atoms. The maximum absolute atomic E-state index is 12.4. The van der Waals surface area contributed by atoms with Gasteiger partial charge in [-0.3, -0.25) is 4.79 Å². The van der Waals surface area contributed by atoms with Crippen molar-refractivity contribution in [2.45, 2.75) is 13.0 Å². The van der Waals surface area contributed by atoms with Crippen molar-refractivity contribution in [3.63, 3.8) is 0 Å². The number of amides is 1. The number of pyridine rings is 1. The highest BCUT2D eigenvalue weighted by atomic mass is 35.5. The molecule has 0 unspecified atom stereocenters. The van der Waals surface area contributed by atoms with Crippen LogP contribution in [0.15, 0.2) is 66.9 Å². The third kappa shape index (κ3) is 5.72. The Bertz CT molecular complexity index is 912. The third-order valence-corrected chi connectivity index (χ3v) is 4.52. The van der Waals surface area contributed by atoms with Gasteiger partial charge in [0.25, 0.3) is 5.91 Å². The van der Waals surface area contributed by atoms with Crippen molar-refractivity contribution >= 4 is 23.3 Å². The first kappa shape index (κ1) is 19.7. The van der Waals surface area contributed by atoms with E-state index in [4.69, 9.17) is 16.3 Å². The number of carbonyl (C=O) groups excluding carboxylic acids is 1. The van der Waals surface area contributed by atoms with Gasteiger partial charge in [0, 0.05) is 29.9 Å². The van der Waals surface area contributed by atoms with Gasteiger partial charge in [0.05, 0.1) is 7.11 Å². The summed E-state index contributed by atoms with van der Waals surface area (Å²) in [6, 6.07) is 18.9. The smallest absolute Gasteiger partial charge is 0.251 e. The van der Waals surface area contributed by atoms with Crippen LogP contribution in [0.3, 0.4) is 0 Å². The van der Waals surface area contributed by atoms with Crippen molar-refractivity contribution in [1.82, 2.24) is 10.3 Å². The number of benzene rings is 2. The molecule has 0 atom stereocenters. The quantitative estimate of drug-likeness (QED) is 0.596. The Morgan fingerprint density at radius 3 is 2.46 bits per heavy atom. The Balaban J connectivity index is 1.51. The minimum atomic E-state index is -0.121. The monoisotopic (exact) mass is 395 g/mol. The topological polar surface area (TPSA) is 63.2 Å². The summed E-state index contributed by atoms with van der Waals surface area (Å²) in [5, 5.41) is 6.88. The molecule has 0 aliphatic heterocycles. The third-order valence-electron chi connectivity index (χ3n) is 4.27. The van der Waals surface area contributed by atoms with Crippen LogP contribution in [0.5, 0.6) is 5.75 Å². The molecule has 144 valence electrons. The van der Waals surface area contributed by atoms with E-state index >= 15 is 0 Å². The van der Waals surface area contributed by atoms with Crippen molar-refractivity contribution in [2.24, 2.45) is 0 Å². The molecule has 0 aliphatic rings. The van der Waals surface area contributed by atoms with Crippen LogP contribution in [0.4, 0.5) is 5.82 Å². The molecule has 3 aromatic rings. The standard InChI is InChI=1S/C22H22ClN3O2/c1-28-20-8-4-17(5-9-20)15-26-21-14-18(11-13-24-21)22(27)25-12-10-16-2-6-19(23)7-3-16/h2-9,11,13-14H,10,12,15H2,1H3,(H,24,26)(H,25,27). The Kier molecular flexibility index (Phi) is 6.87. The summed E-state index contributed by atoms with van der Waals surface area (Å²) in [6.45, 7) is 1.16. The van der Waals surface area contributed by atoms with E-state index in [0.29, 0.717) is 29.5 Å². The lowest BCUT2D eigenvalue weighted by atomic mass is 10.1. The molecule has 0 aliphatic carbocycles. The first-order chi connectivity index (χ1) is 13.6. The molecule has 6 heteroatoms. The molecule has 1 aromatic heterocycles. The fraction of sp³-hybridized carbons (Fsp3) is 0.182. The first-order valence-corrected chi connectivity index (χ1v) is 9.37. The van der Waals surface area contributed by atoms with E-state index in [1.54, 1.807) is 25.4 Å². The van der Waals surface area contributed by atoms with Gasteiger partial charge in [0.2, 0.25) is 0 Å². The molecule has 2 N–H and O–H groups in total. The number of nitrogens with zero attached hydrogens (tertiary/aromatic N) is 1. The van der Waals surface area contributed by atoms with E-state index in [-0.39, 0.29) is 5.91 Å². The molecule has 2 aromatic carbocycles. The van der Waals surface area contributed by atoms with E-state index in [1.807, 2.05) is 48.5 Å². The molecule has 3 rings (SSSR count). The van der Waals surface area contributed by atoms with Gasteiger partial charge in [0.15, 0.2) is 0 Å². The van der Waals surface area contributed by atoms with Crippen molar-refractivity contribution in [1.29, 1.82) is 0 Å². The molecular weight excluding hydrogens is 374 g/mol. The summed E-state index contributed by atoms with van der Waals surface area (Å²) < 4.78 is 5.16. The van der Waals surface area contributed by atoms with E-state index in [0.717, 1.165) is 23.3 Å². The molecule has 0 saturated heterocycles. The van der Waals surface area contributed by atoms with Crippen molar-refractivity contribution in [3.05, 3.63) is 88.6 Å². The predicted octanol–water partition coefficient (Wildman–Crippen LogP) is 4.33. The van der Waals surface area contributed by atoms with Crippen molar-refractivity contribution in [3.8, 4) is 5.75 Å². The van der Waals surface area contributed by atoms with Gasteiger partial charge in [-0.2, -0.15) is 0 Å². The van der Waals surface area contributed by atoms with Gasteiger partial charge >= 0.3 is 0 Å². The molecule has 0 radical (unpaired) electrons. The van der Waals surface area contributed by atoms with Crippen LogP contribution in [-0.4, -0.2) is 24.5 Å². The summed E-state index contributed by atoms with van der Waals surface area (Å²) in [7, 11) is 1.64. The zero-order valence-electron chi connectivity index (χ0n) is 15.6. The Labute approximate surface area is 169 Å². The lowest BCUT2D eigenvalue weighted by molar-refractivity contribution is 0.0954. The number of aromatic nitrogens is 1. The van der Waals surface area contributed by atoms with Gasteiger partial charge in [-0.05, 0) is 53.9 Å². The molecule has 28 heavy (non-hydrogen) atoms. The van der Waals surface area contributed by atoms with Crippen LogP contribution in [-0.2, 0) is 13.0 Å². The highest BCUT2D eigenvalue weighted by Gasteiger charge is 2.07. The zero-order valence-corrected chi connectivity index (χ0v) is 16.4. The molecule has 1 amide bonds. The largest absolute Gasteiger partial charge is 0.497 e. The Morgan fingerprint density at radius 1 is 1.04 bits per heavy atom. The SMILES string of the molecule is COc1ccc(CNc2cc(C(=O)NCCc3ccc(Cl)cc3)ccn2)cc1. The van der Waals surface area contributed by atoms with Crippen LogP contribution < -0.4 is 15.4 Å². The average molecular weight is 396 g/mol. The second-order valence-corrected chi connectivity index (χ2v) is 6.70. The predicted molar refractivity (Wildman–Crippen MR) is 112 cm³/mol. The number of hydrogen-bond donors (Lipinski definition) is 2. The second-order valence-electron chi connectivity index (χ2n) is 6.26. The minimum absolute atomic E-state index is 0.121. The lowest BCUT2D eigenvalue weighted by Crippen LogP contribution is -2.25.